The van der Waals surface area contributed by atoms with Crippen LogP contribution in [0.2, 0.25) is 0 Å². The molecular formula is C26H28N6O. The van der Waals surface area contributed by atoms with E-state index in [9.17, 15) is 0 Å². The fourth-order valence-corrected chi connectivity index (χ4v) is 3.25. The van der Waals surface area contributed by atoms with Crippen LogP contribution >= 0.6 is 0 Å². The molecular weight excluding hydrogens is 412 g/mol. The van der Waals surface area contributed by atoms with Gasteiger partial charge in [0.15, 0.2) is 5.82 Å². The van der Waals surface area contributed by atoms with Gasteiger partial charge in [-0.25, -0.2) is 19.9 Å². The molecule has 2 aromatic heterocycles. The molecule has 0 aliphatic rings. The van der Waals surface area contributed by atoms with E-state index in [0.717, 1.165) is 41.1 Å². The third kappa shape index (κ3) is 6.23. The fourth-order valence-electron chi connectivity index (χ4n) is 3.25. The van der Waals surface area contributed by atoms with E-state index in [4.69, 9.17) is 10.00 Å². The highest BCUT2D eigenvalue weighted by Gasteiger charge is 2.12. The number of anilines is 1. The summed E-state index contributed by atoms with van der Waals surface area (Å²) in [6, 6.07) is 11.4. The lowest BCUT2D eigenvalue weighted by Crippen LogP contribution is -2.09. The van der Waals surface area contributed by atoms with Gasteiger partial charge < -0.3 is 10.1 Å². The van der Waals surface area contributed by atoms with Crippen LogP contribution in [0.4, 0.5) is 11.6 Å². The number of ether oxygens (including phenoxy) is 1. The van der Waals surface area contributed by atoms with Crippen LogP contribution in [0.3, 0.4) is 0 Å². The fraction of sp³-hybridized carbons (Fsp3) is 0.269. The molecule has 0 unspecified atom stereocenters. The van der Waals surface area contributed by atoms with Crippen molar-refractivity contribution in [2.45, 2.75) is 40.5 Å². The number of hydrogen-bond donors (Lipinski definition) is 1. The number of nitrogens with one attached hydrogen (secondary N) is 1. The van der Waals surface area contributed by atoms with Crippen LogP contribution in [-0.4, -0.2) is 27.7 Å². The quantitative estimate of drug-likeness (QED) is 0.408. The van der Waals surface area contributed by atoms with Crippen molar-refractivity contribution in [2.75, 3.05) is 11.9 Å². The highest BCUT2D eigenvalue weighted by Crippen LogP contribution is 2.30. The zero-order chi connectivity index (χ0) is 23.6. The van der Waals surface area contributed by atoms with Crippen molar-refractivity contribution in [3.8, 4) is 17.7 Å². The maximum absolute atomic E-state index is 9.04. The van der Waals surface area contributed by atoms with E-state index in [1.807, 2.05) is 52.1 Å². The molecule has 0 amide bonds. The molecule has 2 heterocycles. The van der Waals surface area contributed by atoms with Crippen molar-refractivity contribution in [1.29, 1.82) is 5.26 Å². The van der Waals surface area contributed by atoms with Crippen molar-refractivity contribution < 1.29 is 4.74 Å². The number of rotatable bonds is 9. The molecule has 7 nitrogen and oxygen atoms in total. The number of hydrogen-bond acceptors (Lipinski definition) is 7. The normalized spacial score (nSPS) is 11.4. The second-order valence-electron chi connectivity index (χ2n) is 7.49. The number of aryl methyl sites for hydroxylation is 1. The number of benzene rings is 1. The molecule has 3 rings (SSSR count). The predicted molar refractivity (Wildman–Crippen MR) is 132 cm³/mol. The Morgan fingerprint density at radius 3 is 2.79 bits per heavy atom. The number of aliphatic imine (C=N–C) groups is 1. The van der Waals surface area contributed by atoms with Gasteiger partial charge in [-0.3, -0.25) is 0 Å². The van der Waals surface area contributed by atoms with Crippen molar-refractivity contribution >= 4 is 23.4 Å². The summed E-state index contributed by atoms with van der Waals surface area (Å²) in [5, 5.41) is 12.5. The number of pyridine rings is 1. The molecule has 3 aromatic rings. The molecule has 0 aliphatic carbocycles. The van der Waals surface area contributed by atoms with E-state index in [-0.39, 0.29) is 0 Å². The van der Waals surface area contributed by atoms with Crippen LogP contribution < -0.4 is 10.1 Å². The summed E-state index contributed by atoms with van der Waals surface area (Å²) in [6.45, 7) is 8.79. The Balaban J connectivity index is 1.69. The third-order valence-corrected chi connectivity index (χ3v) is 5.07. The average Bonchev–Trinajstić information content (AvgIpc) is 2.84. The van der Waals surface area contributed by atoms with Crippen LogP contribution in [0.5, 0.6) is 11.6 Å². The maximum atomic E-state index is 9.04. The third-order valence-electron chi connectivity index (χ3n) is 5.07. The first-order valence-corrected chi connectivity index (χ1v) is 10.9. The SMILES string of the molecule is CC=C(C)c1c(N=CCC)ncnc1NCCc1ccc(Oc2cc(C#N)ccn2)c(C)c1. The summed E-state index contributed by atoms with van der Waals surface area (Å²) in [4.78, 5) is 17.5. The molecule has 0 spiro atoms. The predicted octanol–water partition coefficient (Wildman–Crippen LogP) is 6.03. The first-order valence-electron chi connectivity index (χ1n) is 10.9. The lowest BCUT2D eigenvalue weighted by molar-refractivity contribution is 0.459. The minimum Gasteiger partial charge on any atom is -0.439 e. The van der Waals surface area contributed by atoms with Crippen molar-refractivity contribution in [3.05, 3.63) is 71.2 Å². The van der Waals surface area contributed by atoms with Crippen LogP contribution in [-0.2, 0) is 6.42 Å². The van der Waals surface area contributed by atoms with Gasteiger partial charge in [0, 0.05) is 25.0 Å². The summed E-state index contributed by atoms with van der Waals surface area (Å²) in [7, 11) is 0. The lowest BCUT2D eigenvalue weighted by atomic mass is 10.1. The molecule has 0 fully saturated rings. The minimum absolute atomic E-state index is 0.406. The molecule has 7 heteroatoms. The number of aromatic nitrogens is 3. The molecule has 0 atom stereocenters. The Labute approximate surface area is 194 Å². The zero-order valence-electron chi connectivity index (χ0n) is 19.5. The highest BCUT2D eigenvalue weighted by atomic mass is 16.5. The topological polar surface area (TPSA) is 96.1 Å². The molecule has 1 aromatic carbocycles. The molecule has 0 saturated carbocycles. The second-order valence-corrected chi connectivity index (χ2v) is 7.49. The van der Waals surface area contributed by atoms with E-state index in [2.05, 4.69) is 37.4 Å². The Morgan fingerprint density at radius 1 is 1.21 bits per heavy atom. The smallest absolute Gasteiger partial charge is 0.220 e. The largest absolute Gasteiger partial charge is 0.439 e. The zero-order valence-corrected chi connectivity index (χ0v) is 19.5. The van der Waals surface area contributed by atoms with Crippen molar-refractivity contribution in [3.63, 3.8) is 0 Å². The summed E-state index contributed by atoms with van der Waals surface area (Å²) < 4.78 is 5.87. The van der Waals surface area contributed by atoms with Gasteiger partial charge in [-0.2, -0.15) is 5.26 Å². The molecule has 0 bridgehead atoms. The summed E-state index contributed by atoms with van der Waals surface area (Å²) in [5.74, 6) is 2.58. The van der Waals surface area contributed by atoms with Gasteiger partial charge in [-0.15, -0.1) is 0 Å². The minimum atomic E-state index is 0.406. The van der Waals surface area contributed by atoms with Crippen molar-refractivity contribution in [1.82, 2.24) is 15.0 Å². The van der Waals surface area contributed by atoms with Crippen molar-refractivity contribution in [2.24, 2.45) is 4.99 Å². The standard InChI is InChI=1S/C26H28N6O/c1-5-11-29-25-24(18(3)6-2)26(32-17-31-25)30-13-9-20-7-8-22(19(4)14-20)33-23-15-21(16-27)10-12-28-23/h6-8,10-12,14-15,17H,5,9,13H2,1-4H3,(H,30,31,32). The van der Waals surface area contributed by atoms with Gasteiger partial charge in [-0.05, 0) is 62.4 Å². The van der Waals surface area contributed by atoms with E-state index >= 15 is 0 Å². The van der Waals surface area contributed by atoms with E-state index in [0.29, 0.717) is 23.8 Å². The number of nitrogens with zero attached hydrogens (tertiary/aromatic N) is 5. The highest BCUT2D eigenvalue weighted by molar-refractivity contribution is 5.81. The average molecular weight is 441 g/mol. The first-order chi connectivity index (χ1) is 16.0. The van der Waals surface area contributed by atoms with E-state index in [1.165, 1.54) is 5.56 Å². The van der Waals surface area contributed by atoms with Gasteiger partial charge in [-0.1, -0.05) is 25.1 Å². The van der Waals surface area contributed by atoms with Gasteiger partial charge in [0.2, 0.25) is 5.88 Å². The Hall–Kier alpha value is -4.05. The number of nitriles is 1. The molecule has 168 valence electrons. The van der Waals surface area contributed by atoms with E-state index in [1.54, 1.807) is 24.7 Å². The number of allylic oxidation sites excluding steroid dienone is 2. The van der Waals surface area contributed by atoms with Gasteiger partial charge in [0.05, 0.1) is 17.2 Å². The molecule has 33 heavy (non-hydrogen) atoms. The summed E-state index contributed by atoms with van der Waals surface area (Å²) in [5.41, 5.74) is 4.69. The Morgan fingerprint density at radius 2 is 2.06 bits per heavy atom. The molecule has 0 saturated heterocycles. The van der Waals surface area contributed by atoms with Gasteiger partial charge >= 0.3 is 0 Å². The second kappa shape index (κ2) is 11.5. The summed E-state index contributed by atoms with van der Waals surface area (Å²) >= 11 is 0. The van der Waals surface area contributed by atoms with Crippen LogP contribution in [0.15, 0.2) is 53.9 Å². The molecule has 0 aliphatic heterocycles. The van der Waals surface area contributed by atoms with Crippen LogP contribution in [0.1, 0.15) is 49.4 Å². The molecule has 1 N–H and O–H groups in total. The van der Waals surface area contributed by atoms with Crippen LogP contribution in [0, 0.1) is 18.3 Å². The van der Waals surface area contributed by atoms with Crippen LogP contribution in [0.25, 0.3) is 5.57 Å². The van der Waals surface area contributed by atoms with E-state index < -0.39 is 0 Å². The van der Waals surface area contributed by atoms with Gasteiger partial charge in [0.1, 0.15) is 17.9 Å². The molecule has 0 radical (unpaired) electrons. The Kier molecular flexibility index (Phi) is 8.25. The van der Waals surface area contributed by atoms with Gasteiger partial charge in [0.25, 0.3) is 0 Å². The summed E-state index contributed by atoms with van der Waals surface area (Å²) in [6.07, 6.45) is 8.67. The lowest BCUT2D eigenvalue weighted by Gasteiger charge is -2.14. The monoisotopic (exact) mass is 440 g/mol. The first kappa shape index (κ1) is 23.6. The Bertz CT molecular complexity index is 1210. The maximum Gasteiger partial charge on any atom is 0.220 e.